The molecule has 25 heavy (non-hydrogen) atoms. The topological polar surface area (TPSA) is 70.2 Å². The third-order valence-electron chi connectivity index (χ3n) is 3.27. The van der Waals surface area contributed by atoms with E-state index in [0.29, 0.717) is 12.1 Å². The number of anilines is 1. The number of nitrogens with one attached hydrogen (secondary N) is 3. The Kier molecular flexibility index (Phi) is 6.36. The van der Waals surface area contributed by atoms with Crippen LogP contribution in [-0.4, -0.2) is 18.0 Å². The van der Waals surface area contributed by atoms with Gasteiger partial charge in [0.2, 0.25) is 0 Å². The quantitative estimate of drug-likeness (QED) is 0.753. The molecule has 7 heteroatoms. The van der Waals surface area contributed by atoms with Gasteiger partial charge in [0.05, 0.1) is 5.69 Å². The molecule has 0 saturated carbocycles. The van der Waals surface area contributed by atoms with Crippen molar-refractivity contribution in [3.8, 4) is 0 Å². The summed E-state index contributed by atoms with van der Waals surface area (Å²) in [5.41, 5.74) is 1.28. The highest BCUT2D eigenvalue weighted by molar-refractivity contribution is 6.30. The van der Waals surface area contributed by atoms with Crippen LogP contribution in [0.1, 0.15) is 29.8 Å². The van der Waals surface area contributed by atoms with E-state index in [0.717, 1.165) is 11.6 Å². The van der Waals surface area contributed by atoms with Crippen molar-refractivity contribution < 1.29 is 14.0 Å². The lowest BCUT2D eigenvalue weighted by Crippen LogP contribution is -2.39. The van der Waals surface area contributed by atoms with Crippen molar-refractivity contribution >= 4 is 29.2 Å². The van der Waals surface area contributed by atoms with Gasteiger partial charge in [-0.1, -0.05) is 23.7 Å². The molecule has 2 rings (SSSR count). The molecule has 3 N–H and O–H groups in total. The molecule has 0 aliphatic carbocycles. The Balaban J connectivity index is 1.94. The lowest BCUT2D eigenvalue weighted by molar-refractivity contribution is 0.102. The average molecular weight is 364 g/mol. The fourth-order valence-electron chi connectivity index (χ4n) is 2.05. The molecule has 0 spiro atoms. The molecule has 0 aliphatic rings. The summed E-state index contributed by atoms with van der Waals surface area (Å²) in [5, 5.41) is 8.19. The van der Waals surface area contributed by atoms with Crippen LogP contribution in [0.3, 0.4) is 0 Å². The molecule has 3 amide bonds. The largest absolute Gasteiger partial charge is 0.336 e. The Morgan fingerprint density at radius 2 is 1.80 bits per heavy atom. The summed E-state index contributed by atoms with van der Waals surface area (Å²) in [6.07, 6.45) is 0. The van der Waals surface area contributed by atoms with Crippen LogP contribution in [0.2, 0.25) is 5.02 Å². The molecular weight excluding hydrogens is 345 g/mol. The maximum Gasteiger partial charge on any atom is 0.315 e. The first-order valence-corrected chi connectivity index (χ1v) is 8.12. The van der Waals surface area contributed by atoms with Crippen LogP contribution >= 0.6 is 11.6 Å². The van der Waals surface area contributed by atoms with E-state index in [1.54, 1.807) is 24.3 Å². The molecule has 0 radical (unpaired) electrons. The molecule has 0 aliphatic heterocycles. The Bertz CT molecular complexity index is 763. The number of hydrogen-bond acceptors (Lipinski definition) is 2. The molecule has 0 bridgehead atoms. The van der Waals surface area contributed by atoms with Gasteiger partial charge in [-0.2, -0.15) is 0 Å². The number of urea groups is 1. The van der Waals surface area contributed by atoms with Gasteiger partial charge in [-0.15, -0.1) is 0 Å². The summed E-state index contributed by atoms with van der Waals surface area (Å²) in [7, 11) is 0. The maximum absolute atomic E-state index is 13.7. The minimum absolute atomic E-state index is 0.0549. The fraction of sp³-hybridized carbons (Fsp3) is 0.222. The minimum Gasteiger partial charge on any atom is -0.336 e. The predicted octanol–water partition coefficient (Wildman–Crippen LogP) is 3.94. The molecule has 132 valence electrons. The van der Waals surface area contributed by atoms with Crippen LogP contribution in [-0.2, 0) is 6.54 Å². The SMILES string of the molecule is CC(C)NC(=O)NCc1ccc(C(=O)Nc2ccc(Cl)cc2F)cc1. The van der Waals surface area contributed by atoms with Gasteiger partial charge in [-0.3, -0.25) is 4.79 Å². The zero-order valence-corrected chi connectivity index (χ0v) is 14.7. The lowest BCUT2D eigenvalue weighted by atomic mass is 10.1. The van der Waals surface area contributed by atoms with E-state index in [1.807, 2.05) is 13.8 Å². The number of benzene rings is 2. The predicted molar refractivity (Wildman–Crippen MR) is 96.3 cm³/mol. The van der Waals surface area contributed by atoms with E-state index >= 15 is 0 Å². The van der Waals surface area contributed by atoms with E-state index in [2.05, 4.69) is 16.0 Å². The summed E-state index contributed by atoms with van der Waals surface area (Å²) < 4.78 is 13.7. The molecule has 2 aromatic rings. The van der Waals surface area contributed by atoms with Crippen molar-refractivity contribution in [2.75, 3.05) is 5.32 Å². The lowest BCUT2D eigenvalue weighted by Gasteiger charge is -2.10. The zero-order valence-electron chi connectivity index (χ0n) is 13.9. The van der Waals surface area contributed by atoms with Crippen molar-refractivity contribution in [1.82, 2.24) is 10.6 Å². The summed E-state index contributed by atoms with van der Waals surface area (Å²) >= 11 is 5.68. The number of halogens is 2. The van der Waals surface area contributed by atoms with Crippen molar-refractivity contribution in [1.29, 1.82) is 0 Å². The molecular formula is C18H19ClFN3O2. The second-order valence-electron chi connectivity index (χ2n) is 5.76. The number of carbonyl (C=O) groups is 2. The van der Waals surface area contributed by atoms with Crippen molar-refractivity contribution in [3.63, 3.8) is 0 Å². The van der Waals surface area contributed by atoms with Crippen LogP contribution in [0, 0.1) is 5.82 Å². The van der Waals surface area contributed by atoms with E-state index in [1.165, 1.54) is 12.1 Å². The van der Waals surface area contributed by atoms with E-state index in [9.17, 15) is 14.0 Å². The molecule has 2 aromatic carbocycles. The van der Waals surface area contributed by atoms with Crippen LogP contribution in [0.15, 0.2) is 42.5 Å². The maximum atomic E-state index is 13.7. The van der Waals surface area contributed by atoms with Crippen molar-refractivity contribution in [2.45, 2.75) is 26.4 Å². The number of carbonyl (C=O) groups excluding carboxylic acids is 2. The summed E-state index contributed by atoms with van der Waals surface area (Å²) in [4.78, 5) is 23.7. The Hall–Kier alpha value is -2.60. The molecule has 0 aromatic heterocycles. The molecule has 0 atom stereocenters. The van der Waals surface area contributed by atoms with Gasteiger partial charge < -0.3 is 16.0 Å². The summed E-state index contributed by atoms with van der Waals surface area (Å²) in [6.45, 7) is 4.08. The van der Waals surface area contributed by atoms with E-state index in [4.69, 9.17) is 11.6 Å². The number of amides is 3. The zero-order chi connectivity index (χ0) is 18.4. The molecule has 5 nitrogen and oxygen atoms in total. The number of hydrogen-bond donors (Lipinski definition) is 3. The van der Waals surface area contributed by atoms with Crippen molar-refractivity contribution in [2.24, 2.45) is 0 Å². The van der Waals surface area contributed by atoms with Crippen LogP contribution in [0.4, 0.5) is 14.9 Å². The van der Waals surface area contributed by atoms with Crippen LogP contribution < -0.4 is 16.0 Å². The number of rotatable bonds is 5. The summed E-state index contributed by atoms with van der Waals surface area (Å²) in [5.74, 6) is -1.03. The Labute approximate surface area is 150 Å². The smallest absolute Gasteiger partial charge is 0.315 e. The second kappa shape index (κ2) is 8.48. The second-order valence-corrected chi connectivity index (χ2v) is 6.19. The van der Waals surface area contributed by atoms with E-state index < -0.39 is 11.7 Å². The highest BCUT2D eigenvalue weighted by Gasteiger charge is 2.10. The summed E-state index contributed by atoms with van der Waals surface area (Å²) in [6, 6.07) is 10.5. The monoisotopic (exact) mass is 363 g/mol. The molecule has 0 heterocycles. The molecule has 0 saturated heterocycles. The third kappa shape index (κ3) is 5.76. The first-order valence-electron chi connectivity index (χ1n) is 7.75. The van der Waals surface area contributed by atoms with E-state index in [-0.39, 0.29) is 22.8 Å². The Morgan fingerprint density at radius 3 is 2.40 bits per heavy atom. The average Bonchev–Trinajstić information content (AvgIpc) is 2.55. The molecule has 0 fully saturated rings. The van der Waals surface area contributed by atoms with Gasteiger partial charge in [0.15, 0.2) is 0 Å². The fourth-order valence-corrected chi connectivity index (χ4v) is 2.21. The third-order valence-corrected chi connectivity index (χ3v) is 3.50. The van der Waals surface area contributed by atoms with Gasteiger partial charge >= 0.3 is 6.03 Å². The highest BCUT2D eigenvalue weighted by Crippen LogP contribution is 2.19. The first-order chi connectivity index (χ1) is 11.8. The van der Waals surface area contributed by atoms with Gasteiger partial charge in [0, 0.05) is 23.2 Å². The Morgan fingerprint density at radius 1 is 1.12 bits per heavy atom. The first kappa shape index (κ1) is 18.7. The van der Waals surface area contributed by atoms with Crippen LogP contribution in [0.25, 0.3) is 0 Å². The standard InChI is InChI=1S/C18H19ClFN3O2/c1-11(2)22-18(25)21-10-12-3-5-13(6-4-12)17(24)23-16-8-7-14(19)9-15(16)20/h3-9,11H,10H2,1-2H3,(H,23,24)(H2,21,22,25). The van der Waals surface area contributed by atoms with Crippen LogP contribution in [0.5, 0.6) is 0 Å². The minimum atomic E-state index is -0.599. The molecule has 0 unspecified atom stereocenters. The van der Waals surface area contributed by atoms with Gasteiger partial charge in [-0.05, 0) is 49.7 Å². The highest BCUT2D eigenvalue weighted by atomic mass is 35.5. The van der Waals surface area contributed by atoms with Crippen molar-refractivity contribution in [3.05, 3.63) is 64.4 Å². The van der Waals surface area contributed by atoms with Gasteiger partial charge in [-0.25, -0.2) is 9.18 Å². The normalized spacial score (nSPS) is 10.4. The van der Waals surface area contributed by atoms with Gasteiger partial charge in [0.1, 0.15) is 5.82 Å². The van der Waals surface area contributed by atoms with Gasteiger partial charge in [0.25, 0.3) is 5.91 Å².